The summed E-state index contributed by atoms with van der Waals surface area (Å²) < 4.78 is 4.73. The van der Waals surface area contributed by atoms with Gasteiger partial charge in [0.2, 0.25) is 11.8 Å². The molecule has 1 aliphatic heterocycles. The average Bonchev–Trinajstić information content (AvgIpc) is 3.48. The van der Waals surface area contributed by atoms with Gasteiger partial charge in [-0.2, -0.15) is 0 Å². The topological polar surface area (TPSA) is 99.8 Å². The standard InChI is InChI=1S/C29H31N3O5/c1-37-29(36)20-11-13-22(14-12-20)32-26(33)17-25(28(32)35)31(27(34)19-7-3-2-4-8-19)16-15-21-18-30-24-10-6-5-9-23(21)24/h5-6,9-14,18-19,25,30H,2-4,7-8,15-17H2,1H3. The second-order valence-electron chi connectivity index (χ2n) is 9.80. The molecule has 2 aliphatic rings. The van der Waals surface area contributed by atoms with Crippen LogP contribution in [0.4, 0.5) is 5.69 Å². The molecule has 3 amide bonds. The number of carbonyl (C=O) groups excluding carboxylic acids is 4. The Hall–Kier alpha value is -3.94. The Labute approximate surface area is 215 Å². The summed E-state index contributed by atoms with van der Waals surface area (Å²) in [5.41, 5.74) is 2.81. The summed E-state index contributed by atoms with van der Waals surface area (Å²) in [6.45, 7) is 0.357. The fourth-order valence-corrected chi connectivity index (χ4v) is 5.58. The molecule has 2 fully saturated rings. The lowest BCUT2D eigenvalue weighted by Crippen LogP contribution is -2.48. The summed E-state index contributed by atoms with van der Waals surface area (Å²) in [6, 6.07) is 13.3. The van der Waals surface area contributed by atoms with Gasteiger partial charge in [0.15, 0.2) is 0 Å². The van der Waals surface area contributed by atoms with Crippen molar-refractivity contribution < 1.29 is 23.9 Å². The number of imide groups is 1. The van der Waals surface area contributed by atoms with Crippen molar-refractivity contribution in [3.8, 4) is 0 Å². The number of ether oxygens (including phenoxy) is 1. The highest BCUT2D eigenvalue weighted by Gasteiger charge is 2.45. The van der Waals surface area contributed by atoms with Crippen molar-refractivity contribution in [1.29, 1.82) is 0 Å². The molecule has 1 saturated carbocycles. The van der Waals surface area contributed by atoms with Gasteiger partial charge in [0.1, 0.15) is 6.04 Å². The van der Waals surface area contributed by atoms with Crippen molar-refractivity contribution in [1.82, 2.24) is 9.88 Å². The zero-order valence-electron chi connectivity index (χ0n) is 20.9. The molecule has 2 heterocycles. The van der Waals surface area contributed by atoms with Crippen LogP contribution in [0.5, 0.6) is 0 Å². The number of nitrogens with one attached hydrogen (secondary N) is 1. The molecular weight excluding hydrogens is 470 g/mol. The summed E-state index contributed by atoms with van der Waals surface area (Å²) in [5.74, 6) is -1.40. The number of rotatable bonds is 7. The molecule has 192 valence electrons. The van der Waals surface area contributed by atoms with E-state index in [0.29, 0.717) is 24.2 Å². The number of benzene rings is 2. The molecule has 8 heteroatoms. The van der Waals surface area contributed by atoms with E-state index in [9.17, 15) is 19.2 Å². The lowest BCUT2D eigenvalue weighted by atomic mass is 9.87. The first-order valence-corrected chi connectivity index (χ1v) is 12.9. The minimum absolute atomic E-state index is 0.0337. The van der Waals surface area contributed by atoms with Crippen LogP contribution in [0.25, 0.3) is 10.9 Å². The van der Waals surface area contributed by atoms with Gasteiger partial charge in [-0.25, -0.2) is 9.69 Å². The largest absolute Gasteiger partial charge is 0.465 e. The molecule has 1 unspecified atom stereocenters. The quantitative estimate of drug-likeness (QED) is 0.386. The van der Waals surface area contributed by atoms with E-state index < -0.39 is 17.9 Å². The third-order valence-electron chi connectivity index (χ3n) is 7.58. The van der Waals surface area contributed by atoms with E-state index >= 15 is 0 Å². The molecular formula is C29H31N3O5. The van der Waals surface area contributed by atoms with Gasteiger partial charge in [-0.05, 0) is 55.2 Å². The lowest BCUT2D eigenvalue weighted by Gasteiger charge is -2.32. The summed E-state index contributed by atoms with van der Waals surface area (Å²) >= 11 is 0. The Morgan fingerprint density at radius 1 is 1.03 bits per heavy atom. The number of carbonyl (C=O) groups is 4. The number of nitrogens with zero attached hydrogens (tertiary/aromatic N) is 2. The van der Waals surface area contributed by atoms with E-state index in [1.165, 1.54) is 19.2 Å². The third kappa shape index (κ3) is 4.88. The molecule has 0 radical (unpaired) electrons. The Balaban J connectivity index is 1.40. The number of anilines is 1. The second-order valence-corrected chi connectivity index (χ2v) is 9.80. The number of amides is 3. The number of hydrogen-bond donors (Lipinski definition) is 1. The molecule has 1 aliphatic carbocycles. The molecule has 0 bridgehead atoms. The number of H-pyrrole nitrogens is 1. The fourth-order valence-electron chi connectivity index (χ4n) is 5.58. The van der Waals surface area contributed by atoms with Crippen molar-refractivity contribution >= 4 is 40.3 Å². The molecule has 3 aromatic rings. The van der Waals surface area contributed by atoms with Crippen LogP contribution in [0.15, 0.2) is 54.7 Å². The molecule has 8 nitrogen and oxygen atoms in total. The minimum atomic E-state index is -0.840. The van der Waals surface area contributed by atoms with Gasteiger partial charge in [-0.15, -0.1) is 0 Å². The number of aromatic nitrogens is 1. The van der Waals surface area contributed by atoms with Gasteiger partial charge in [0, 0.05) is 29.6 Å². The number of methoxy groups -OCH3 is 1. The number of fused-ring (bicyclic) bond motifs is 1. The van der Waals surface area contributed by atoms with Crippen LogP contribution in [-0.4, -0.2) is 53.3 Å². The van der Waals surface area contributed by atoms with Crippen molar-refractivity contribution in [2.45, 2.75) is 51.0 Å². The maximum absolute atomic E-state index is 13.7. The van der Waals surface area contributed by atoms with Gasteiger partial charge in [-0.1, -0.05) is 37.5 Å². The van der Waals surface area contributed by atoms with Gasteiger partial charge in [-0.3, -0.25) is 14.4 Å². The Bertz CT molecular complexity index is 1320. The molecule has 1 atom stereocenters. The monoisotopic (exact) mass is 501 g/mol. The van der Waals surface area contributed by atoms with Gasteiger partial charge >= 0.3 is 5.97 Å². The molecule has 1 saturated heterocycles. The number of aromatic amines is 1. The van der Waals surface area contributed by atoms with Crippen molar-refractivity contribution in [2.24, 2.45) is 5.92 Å². The van der Waals surface area contributed by atoms with Crippen LogP contribution in [0, 0.1) is 5.92 Å². The normalized spacial score (nSPS) is 18.4. The SMILES string of the molecule is COC(=O)c1ccc(N2C(=O)CC(N(CCc3c[nH]c4ccccc34)C(=O)C3CCCCC3)C2=O)cc1. The zero-order chi connectivity index (χ0) is 25.9. The van der Waals surface area contributed by atoms with Crippen LogP contribution in [0.2, 0.25) is 0 Å². The maximum Gasteiger partial charge on any atom is 0.337 e. The molecule has 0 spiro atoms. The van der Waals surface area contributed by atoms with Crippen LogP contribution in [-0.2, 0) is 25.5 Å². The van der Waals surface area contributed by atoms with E-state index in [-0.39, 0.29) is 24.2 Å². The molecule has 2 aromatic carbocycles. The predicted octanol–water partition coefficient (Wildman–Crippen LogP) is 4.24. The van der Waals surface area contributed by atoms with E-state index in [0.717, 1.165) is 53.5 Å². The van der Waals surface area contributed by atoms with E-state index in [4.69, 9.17) is 4.74 Å². The lowest BCUT2D eigenvalue weighted by molar-refractivity contribution is -0.142. The second kappa shape index (κ2) is 10.6. The predicted molar refractivity (Wildman–Crippen MR) is 139 cm³/mol. The Morgan fingerprint density at radius 3 is 2.49 bits per heavy atom. The smallest absolute Gasteiger partial charge is 0.337 e. The first kappa shape index (κ1) is 24.7. The maximum atomic E-state index is 13.7. The van der Waals surface area contributed by atoms with Crippen LogP contribution < -0.4 is 4.90 Å². The third-order valence-corrected chi connectivity index (χ3v) is 7.58. The molecule has 1 aromatic heterocycles. The van der Waals surface area contributed by atoms with Gasteiger partial charge < -0.3 is 14.6 Å². The minimum Gasteiger partial charge on any atom is -0.465 e. The van der Waals surface area contributed by atoms with Crippen LogP contribution in [0.1, 0.15) is 54.4 Å². The van der Waals surface area contributed by atoms with Gasteiger partial charge in [0.25, 0.3) is 5.91 Å². The Morgan fingerprint density at radius 2 is 1.76 bits per heavy atom. The van der Waals surface area contributed by atoms with Crippen molar-refractivity contribution in [3.05, 3.63) is 65.9 Å². The molecule has 1 N–H and O–H groups in total. The van der Waals surface area contributed by atoms with E-state index in [2.05, 4.69) is 4.98 Å². The fraction of sp³-hybridized carbons (Fsp3) is 0.379. The van der Waals surface area contributed by atoms with Crippen molar-refractivity contribution in [2.75, 3.05) is 18.6 Å². The van der Waals surface area contributed by atoms with Gasteiger partial charge in [0.05, 0.1) is 24.8 Å². The summed E-state index contributed by atoms with van der Waals surface area (Å²) in [5, 5.41) is 1.09. The average molecular weight is 502 g/mol. The Kier molecular flexibility index (Phi) is 7.08. The van der Waals surface area contributed by atoms with Crippen molar-refractivity contribution in [3.63, 3.8) is 0 Å². The number of esters is 1. The summed E-state index contributed by atoms with van der Waals surface area (Å²) in [7, 11) is 1.29. The van der Waals surface area contributed by atoms with Crippen LogP contribution >= 0.6 is 0 Å². The number of hydrogen-bond acceptors (Lipinski definition) is 5. The number of para-hydroxylation sites is 1. The first-order chi connectivity index (χ1) is 18.0. The highest BCUT2D eigenvalue weighted by atomic mass is 16.5. The highest BCUT2D eigenvalue weighted by molar-refractivity contribution is 6.23. The summed E-state index contributed by atoms with van der Waals surface area (Å²) in [4.78, 5) is 58.2. The van der Waals surface area contributed by atoms with E-state index in [1.54, 1.807) is 17.0 Å². The highest BCUT2D eigenvalue weighted by Crippen LogP contribution is 2.31. The zero-order valence-corrected chi connectivity index (χ0v) is 20.9. The van der Waals surface area contributed by atoms with E-state index in [1.807, 2.05) is 30.5 Å². The first-order valence-electron chi connectivity index (χ1n) is 12.9. The van der Waals surface area contributed by atoms with Crippen LogP contribution in [0.3, 0.4) is 0 Å². The molecule has 37 heavy (non-hydrogen) atoms. The molecule has 5 rings (SSSR count). The summed E-state index contributed by atoms with van der Waals surface area (Å²) in [6.07, 6.45) is 7.23.